The molecule has 1 amide bonds. The molecule has 0 spiro atoms. The van der Waals surface area contributed by atoms with Crippen molar-refractivity contribution in [2.24, 2.45) is 14.1 Å². The van der Waals surface area contributed by atoms with Gasteiger partial charge in [-0.1, -0.05) is 0 Å². The van der Waals surface area contributed by atoms with E-state index in [4.69, 9.17) is 0 Å². The van der Waals surface area contributed by atoms with Crippen LogP contribution in [0.15, 0.2) is 43.0 Å². The number of nitrogens with zero attached hydrogens (tertiary/aromatic N) is 7. The predicted octanol–water partition coefficient (Wildman–Crippen LogP) is 0.976. The minimum atomic E-state index is -0.0295. The number of amides is 1. The van der Waals surface area contributed by atoms with Gasteiger partial charge >= 0.3 is 0 Å². The van der Waals surface area contributed by atoms with Crippen molar-refractivity contribution in [3.05, 3.63) is 43.0 Å². The fourth-order valence-electron chi connectivity index (χ4n) is 3.38. The molecule has 3 aromatic heterocycles. The van der Waals surface area contributed by atoms with Crippen molar-refractivity contribution in [2.75, 3.05) is 42.9 Å². The normalized spacial score (nSPS) is 15.0. The highest BCUT2D eigenvalue weighted by Crippen LogP contribution is 2.20. The van der Waals surface area contributed by atoms with Gasteiger partial charge in [-0.2, -0.15) is 10.2 Å². The summed E-state index contributed by atoms with van der Waals surface area (Å²) < 4.78 is 3.41. The van der Waals surface area contributed by atoms with Crippen molar-refractivity contribution in [2.45, 2.75) is 0 Å². The maximum atomic E-state index is 12.5. The van der Waals surface area contributed by atoms with Crippen LogP contribution in [-0.4, -0.2) is 68.1 Å². The van der Waals surface area contributed by atoms with Crippen molar-refractivity contribution in [1.29, 1.82) is 0 Å². The van der Waals surface area contributed by atoms with Gasteiger partial charge in [0.05, 0.1) is 18.4 Å². The first-order valence-electron chi connectivity index (χ1n) is 9.29. The molecule has 0 atom stereocenters. The van der Waals surface area contributed by atoms with Crippen molar-refractivity contribution in [3.63, 3.8) is 0 Å². The van der Waals surface area contributed by atoms with Crippen LogP contribution in [0, 0.1) is 0 Å². The molecule has 1 saturated heterocycles. The van der Waals surface area contributed by atoms with E-state index in [-0.39, 0.29) is 5.91 Å². The summed E-state index contributed by atoms with van der Waals surface area (Å²) in [7, 11) is 3.69. The molecule has 1 aliphatic rings. The molecule has 9 heteroatoms. The molecule has 0 aliphatic carbocycles. The molecule has 0 bridgehead atoms. The van der Waals surface area contributed by atoms with Gasteiger partial charge in [0.1, 0.15) is 5.82 Å². The van der Waals surface area contributed by atoms with E-state index in [1.165, 1.54) is 5.69 Å². The number of pyridine rings is 1. The second-order valence-electron chi connectivity index (χ2n) is 6.96. The van der Waals surface area contributed by atoms with Gasteiger partial charge in [-0.25, -0.2) is 0 Å². The summed E-state index contributed by atoms with van der Waals surface area (Å²) in [6, 6.07) is 5.91. The van der Waals surface area contributed by atoms with Crippen LogP contribution in [0.5, 0.6) is 0 Å². The number of hydrogen-bond donors (Lipinski definition) is 1. The van der Waals surface area contributed by atoms with Gasteiger partial charge in [-0.15, -0.1) is 0 Å². The standard InChI is InChI=1S/C19H24N8O/c1-24-13-15(12-21-24)17-11-18(25(2)23-17)22-19(28)14-26-7-9-27(10-8-26)16-3-5-20-6-4-16/h3-6,11-13H,7-10,14H2,1-2H3,(H,22,28). The van der Waals surface area contributed by atoms with Crippen LogP contribution in [0.25, 0.3) is 11.3 Å². The maximum Gasteiger partial charge on any atom is 0.239 e. The third-order valence-electron chi connectivity index (χ3n) is 4.92. The number of anilines is 2. The number of rotatable bonds is 5. The number of nitrogens with one attached hydrogen (secondary N) is 1. The number of piperazine rings is 1. The van der Waals surface area contributed by atoms with Crippen molar-refractivity contribution in [1.82, 2.24) is 29.4 Å². The Morgan fingerprint density at radius 3 is 2.57 bits per heavy atom. The van der Waals surface area contributed by atoms with E-state index in [0.717, 1.165) is 37.4 Å². The van der Waals surface area contributed by atoms with Crippen molar-refractivity contribution in [3.8, 4) is 11.3 Å². The van der Waals surface area contributed by atoms with Gasteiger partial charge < -0.3 is 10.2 Å². The molecule has 146 valence electrons. The Hall–Kier alpha value is -3.20. The van der Waals surface area contributed by atoms with Crippen LogP contribution < -0.4 is 10.2 Å². The SMILES string of the molecule is Cn1cc(-c2cc(NC(=O)CN3CCN(c4ccncc4)CC3)n(C)n2)cn1. The van der Waals surface area contributed by atoms with Gasteiger partial charge in [0, 0.05) is 76.2 Å². The molecule has 9 nitrogen and oxygen atoms in total. The zero-order valence-electron chi connectivity index (χ0n) is 16.1. The monoisotopic (exact) mass is 380 g/mol. The second kappa shape index (κ2) is 7.81. The maximum absolute atomic E-state index is 12.5. The van der Waals surface area contributed by atoms with Crippen LogP contribution in [-0.2, 0) is 18.9 Å². The first kappa shape index (κ1) is 18.2. The molecule has 0 saturated carbocycles. The zero-order valence-corrected chi connectivity index (χ0v) is 16.1. The van der Waals surface area contributed by atoms with Crippen LogP contribution in [0.2, 0.25) is 0 Å². The number of aromatic nitrogens is 5. The fourth-order valence-corrected chi connectivity index (χ4v) is 3.38. The Morgan fingerprint density at radius 2 is 1.89 bits per heavy atom. The Balaban J connectivity index is 1.31. The van der Waals surface area contributed by atoms with Gasteiger partial charge in [0.25, 0.3) is 0 Å². The second-order valence-corrected chi connectivity index (χ2v) is 6.96. The highest BCUT2D eigenvalue weighted by Gasteiger charge is 2.20. The molecule has 28 heavy (non-hydrogen) atoms. The Kier molecular flexibility index (Phi) is 5.07. The molecule has 0 unspecified atom stereocenters. The molecule has 1 fully saturated rings. The third-order valence-corrected chi connectivity index (χ3v) is 4.92. The lowest BCUT2D eigenvalue weighted by molar-refractivity contribution is -0.117. The smallest absolute Gasteiger partial charge is 0.239 e. The van der Waals surface area contributed by atoms with E-state index in [2.05, 4.69) is 30.3 Å². The van der Waals surface area contributed by atoms with Crippen LogP contribution in [0.4, 0.5) is 11.5 Å². The van der Waals surface area contributed by atoms with E-state index < -0.39 is 0 Å². The first-order chi connectivity index (χ1) is 13.6. The Bertz CT molecular complexity index is 940. The number of aryl methyl sites for hydroxylation is 2. The lowest BCUT2D eigenvalue weighted by Crippen LogP contribution is -2.48. The minimum absolute atomic E-state index is 0.0295. The number of carbonyl (C=O) groups excluding carboxylic acids is 1. The summed E-state index contributed by atoms with van der Waals surface area (Å²) in [5.41, 5.74) is 2.89. The first-order valence-corrected chi connectivity index (χ1v) is 9.29. The molecule has 3 aromatic rings. The highest BCUT2D eigenvalue weighted by molar-refractivity contribution is 5.92. The molecular weight excluding hydrogens is 356 g/mol. The molecule has 4 heterocycles. The van der Waals surface area contributed by atoms with Gasteiger partial charge in [0.15, 0.2) is 0 Å². The van der Waals surface area contributed by atoms with Gasteiger partial charge in [-0.05, 0) is 12.1 Å². The number of carbonyl (C=O) groups is 1. The lowest BCUT2D eigenvalue weighted by Gasteiger charge is -2.35. The van der Waals surface area contributed by atoms with Crippen LogP contribution in [0.3, 0.4) is 0 Å². The van der Waals surface area contributed by atoms with E-state index in [9.17, 15) is 4.79 Å². The largest absolute Gasteiger partial charge is 0.369 e. The topological polar surface area (TPSA) is 84.1 Å². The average Bonchev–Trinajstić information content (AvgIpc) is 3.29. The predicted molar refractivity (Wildman–Crippen MR) is 107 cm³/mol. The molecular formula is C19H24N8O. The third kappa shape index (κ3) is 4.04. The summed E-state index contributed by atoms with van der Waals surface area (Å²) in [6.07, 6.45) is 7.28. The molecule has 0 radical (unpaired) electrons. The summed E-state index contributed by atoms with van der Waals surface area (Å²) in [5, 5.41) is 11.6. The minimum Gasteiger partial charge on any atom is -0.369 e. The summed E-state index contributed by atoms with van der Waals surface area (Å²) in [6.45, 7) is 3.87. The fraction of sp³-hybridized carbons (Fsp3) is 0.368. The molecule has 1 N–H and O–H groups in total. The van der Waals surface area contributed by atoms with E-state index >= 15 is 0 Å². The number of hydrogen-bond acceptors (Lipinski definition) is 6. The van der Waals surface area contributed by atoms with E-state index in [1.54, 1.807) is 15.6 Å². The molecule has 4 rings (SSSR count). The van der Waals surface area contributed by atoms with E-state index in [1.807, 2.05) is 50.9 Å². The quantitative estimate of drug-likeness (QED) is 0.710. The van der Waals surface area contributed by atoms with Gasteiger partial charge in [-0.3, -0.25) is 24.0 Å². The Morgan fingerprint density at radius 1 is 1.14 bits per heavy atom. The zero-order chi connectivity index (χ0) is 19.5. The van der Waals surface area contributed by atoms with Gasteiger partial charge in [0.2, 0.25) is 5.91 Å². The average molecular weight is 380 g/mol. The lowest BCUT2D eigenvalue weighted by atomic mass is 10.2. The molecule has 0 aromatic carbocycles. The summed E-state index contributed by atoms with van der Waals surface area (Å²) in [4.78, 5) is 21.1. The highest BCUT2D eigenvalue weighted by atomic mass is 16.2. The molecule has 1 aliphatic heterocycles. The van der Waals surface area contributed by atoms with Crippen LogP contribution >= 0.6 is 0 Å². The van der Waals surface area contributed by atoms with E-state index in [0.29, 0.717) is 12.4 Å². The van der Waals surface area contributed by atoms with Crippen LogP contribution in [0.1, 0.15) is 0 Å². The summed E-state index contributed by atoms with van der Waals surface area (Å²) >= 11 is 0. The van der Waals surface area contributed by atoms with Crippen molar-refractivity contribution >= 4 is 17.4 Å². The summed E-state index contributed by atoms with van der Waals surface area (Å²) in [5.74, 6) is 0.650. The Labute approximate surface area is 163 Å². The van der Waals surface area contributed by atoms with Crippen molar-refractivity contribution < 1.29 is 4.79 Å².